The zero-order valence-corrected chi connectivity index (χ0v) is 15.8. The molecule has 0 bridgehead atoms. The summed E-state index contributed by atoms with van der Waals surface area (Å²) in [6.07, 6.45) is 1.11. The lowest BCUT2D eigenvalue weighted by atomic mass is 10.0. The van der Waals surface area contributed by atoms with Gasteiger partial charge in [0, 0.05) is 30.8 Å². The van der Waals surface area contributed by atoms with E-state index < -0.39 is 17.5 Å². The van der Waals surface area contributed by atoms with E-state index in [2.05, 4.69) is 4.74 Å². The van der Waals surface area contributed by atoms with E-state index in [1.807, 2.05) is 0 Å². The average Bonchev–Trinajstić information content (AvgIpc) is 3.07. The topological polar surface area (TPSA) is 81.8 Å². The summed E-state index contributed by atoms with van der Waals surface area (Å²) in [5, 5.41) is 0. The molecule has 0 N–H and O–H groups in total. The van der Waals surface area contributed by atoms with Crippen LogP contribution in [0, 0.1) is 5.82 Å². The first kappa shape index (κ1) is 18.9. The van der Waals surface area contributed by atoms with E-state index in [1.54, 1.807) is 29.2 Å². The molecule has 2 aromatic carbocycles. The Morgan fingerprint density at radius 3 is 2.38 bits per heavy atom. The normalized spacial score (nSPS) is 14.9. The first-order chi connectivity index (χ1) is 14.0. The minimum Gasteiger partial charge on any atom is -0.465 e. The molecule has 1 aliphatic heterocycles. The molecule has 0 aliphatic carbocycles. The van der Waals surface area contributed by atoms with Crippen LogP contribution in [0.1, 0.15) is 39.6 Å². The molecule has 1 saturated heterocycles. The summed E-state index contributed by atoms with van der Waals surface area (Å²) in [7, 11) is 1.30. The van der Waals surface area contributed by atoms with Gasteiger partial charge in [0.2, 0.25) is 0 Å². The molecule has 1 amide bonds. The van der Waals surface area contributed by atoms with Crippen LogP contribution in [-0.4, -0.2) is 41.5 Å². The van der Waals surface area contributed by atoms with Crippen molar-refractivity contribution in [2.75, 3.05) is 20.2 Å². The number of ether oxygens (including phenoxy) is 1. The predicted molar refractivity (Wildman–Crippen MR) is 102 cm³/mol. The Morgan fingerprint density at radius 1 is 1.07 bits per heavy atom. The number of hydrogen-bond donors (Lipinski definition) is 0. The number of benzene rings is 2. The number of fused-ring (bicyclic) bond motifs is 1. The molecule has 150 valence electrons. The van der Waals surface area contributed by atoms with Crippen LogP contribution in [-0.2, 0) is 4.74 Å². The molecule has 0 radical (unpaired) electrons. The second kappa shape index (κ2) is 7.54. The highest BCUT2D eigenvalue weighted by molar-refractivity contribution is 5.96. The van der Waals surface area contributed by atoms with Gasteiger partial charge in [0.1, 0.15) is 5.82 Å². The van der Waals surface area contributed by atoms with Crippen LogP contribution in [0.25, 0.3) is 11.1 Å². The van der Waals surface area contributed by atoms with E-state index in [4.69, 9.17) is 4.42 Å². The van der Waals surface area contributed by atoms with Crippen LogP contribution in [0.15, 0.2) is 51.7 Å². The Kier molecular flexibility index (Phi) is 4.92. The molecule has 7 nitrogen and oxygen atoms in total. The summed E-state index contributed by atoms with van der Waals surface area (Å²) in [6, 6.07) is 10.1. The maximum absolute atomic E-state index is 13.6. The number of methoxy groups -OCH3 is 1. The third kappa shape index (κ3) is 3.53. The molecule has 1 fully saturated rings. The van der Waals surface area contributed by atoms with Gasteiger partial charge in [0.15, 0.2) is 5.58 Å². The maximum Gasteiger partial charge on any atom is 0.420 e. The third-order valence-corrected chi connectivity index (χ3v) is 5.24. The summed E-state index contributed by atoms with van der Waals surface area (Å²) in [5.74, 6) is -1.56. The molecule has 3 aromatic rings. The first-order valence-electron chi connectivity index (χ1n) is 9.26. The number of esters is 1. The van der Waals surface area contributed by atoms with Crippen molar-refractivity contribution in [1.82, 2.24) is 9.47 Å². The Bertz CT molecular complexity index is 1120. The highest BCUT2D eigenvalue weighted by Crippen LogP contribution is 2.27. The lowest BCUT2D eigenvalue weighted by molar-refractivity contribution is 0.0599. The molecule has 29 heavy (non-hydrogen) atoms. The highest BCUT2D eigenvalue weighted by atomic mass is 19.1. The molecule has 4 rings (SSSR count). The minimum absolute atomic E-state index is 0.143. The van der Waals surface area contributed by atoms with Crippen molar-refractivity contribution in [3.05, 3.63) is 70.0 Å². The third-order valence-electron chi connectivity index (χ3n) is 5.24. The van der Waals surface area contributed by atoms with Gasteiger partial charge in [-0.15, -0.1) is 0 Å². The molecule has 2 heterocycles. The molecular formula is C21H19FN2O5. The number of amides is 1. The zero-order valence-electron chi connectivity index (χ0n) is 15.8. The summed E-state index contributed by atoms with van der Waals surface area (Å²) < 4.78 is 25.0. The number of halogens is 1. The minimum atomic E-state index is -0.520. The van der Waals surface area contributed by atoms with Gasteiger partial charge in [-0.05, 0) is 49.2 Å². The molecule has 1 aliphatic rings. The van der Waals surface area contributed by atoms with E-state index >= 15 is 0 Å². The first-order valence-corrected chi connectivity index (χ1v) is 9.26. The van der Waals surface area contributed by atoms with Crippen LogP contribution in [0.2, 0.25) is 0 Å². The van der Waals surface area contributed by atoms with Gasteiger partial charge in [-0.1, -0.05) is 0 Å². The smallest absolute Gasteiger partial charge is 0.420 e. The van der Waals surface area contributed by atoms with E-state index in [1.165, 1.54) is 29.9 Å². The van der Waals surface area contributed by atoms with Crippen LogP contribution in [0.3, 0.4) is 0 Å². The Labute approximate surface area is 165 Å². The van der Waals surface area contributed by atoms with Gasteiger partial charge in [0.05, 0.1) is 18.2 Å². The molecule has 0 saturated carbocycles. The highest BCUT2D eigenvalue weighted by Gasteiger charge is 2.27. The number of aromatic nitrogens is 1. The Balaban J connectivity index is 1.48. The Hall–Kier alpha value is -3.42. The lowest BCUT2D eigenvalue weighted by Gasteiger charge is -2.32. The number of likely N-dealkylation sites (tertiary alicyclic amines) is 1. The van der Waals surface area contributed by atoms with Crippen LogP contribution in [0.5, 0.6) is 0 Å². The van der Waals surface area contributed by atoms with E-state index in [0.29, 0.717) is 48.2 Å². The second-order valence-electron chi connectivity index (χ2n) is 6.94. The van der Waals surface area contributed by atoms with E-state index in [-0.39, 0.29) is 11.9 Å². The number of carbonyl (C=O) groups excluding carboxylic acids is 2. The van der Waals surface area contributed by atoms with Crippen molar-refractivity contribution in [2.24, 2.45) is 0 Å². The fraction of sp³-hybridized carbons (Fsp3) is 0.286. The molecule has 8 heteroatoms. The standard InChI is InChI=1S/C21H19FN2O5/c1-28-20(26)14-4-2-13(3-5-14)19(25)23-10-8-16(9-11-23)24-17-12-15(22)6-7-18(17)29-21(24)27/h2-7,12,16H,8-11H2,1H3. The van der Waals surface area contributed by atoms with Crippen molar-refractivity contribution >= 4 is 23.0 Å². The van der Waals surface area contributed by atoms with Crippen LogP contribution >= 0.6 is 0 Å². The molecular weight excluding hydrogens is 379 g/mol. The fourth-order valence-electron chi connectivity index (χ4n) is 3.73. The van der Waals surface area contributed by atoms with Gasteiger partial charge in [0.25, 0.3) is 5.91 Å². The van der Waals surface area contributed by atoms with Gasteiger partial charge in [-0.2, -0.15) is 0 Å². The lowest BCUT2D eigenvalue weighted by Crippen LogP contribution is -2.40. The van der Waals surface area contributed by atoms with Crippen molar-refractivity contribution in [1.29, 1.82) is 0 Å². The fourth-order valence-corrected chi connectivity index (χ4v) is 3.73. The average molecular weight is 398 g/mol. The number of hydrogen-bond acceptors (Lipinski definition) is 5. The molecule has 0 atom stereocenters. The molecule has 1 aromatic heterocycles. The largest absolute Gasteiger partial charge is 0.465 e. The SMILES string of the molecule is COC(=O)c1ccc(C(=O)N2CCC(n3c(=O)oc4ccc(F)cc43)CC2)cc1. The number of oxazole rings is 1. The van der Waals surface area contributed by atoms with Gasteiger partial charge >= 0.3 is 11.7 Å². The number of nitrogens with zero attached hydrogens (tertiary/aromatic N) is 2. The number of piperidine rings is 1. The monoisotopic (exact) mass is 398 g/mol. The molecule has 0 spiro atoms. The quantitative estimate of drug-likeness (QED) is 0.634. The van der Waals surface area contributed by atoms with E-state index in [9.17, 15) is 18.8 Å². The predicted octanol–water partition coefficient (Wildman–Crippen LogP) is 3.00. The molecule has 0 unspecified atom stereocenters. The van der Waals surface area contributed by atoms with Gasteiger partial charge in [-0.25, -0.2) is 14.0 Å². The van der Waals surface area contributed by atoms with Crippen molar-refractivity contribution in [3.63, 3.8) is 0 Å². The maximum atomic E-state index is 13.6. The summed E-state index contributed by atoms with van der Waals surface area (Å²) in [5.41, 5.74) is 1.63. The summed E-state index contributed by atoms with van der Waals surface area (Å²) in [6.45, 7) is 0.910. The second-order valence-corrected chi connectivity index (χ2v) is 6.94. The van der Waals surface area contributed by atoms with Gasteiger partial charge in [-0.3, -0.25) is 9.36 Å². The van der Waals surface area contributed by atoms with Crippen molar-refractivity contribution in [2.45, 2.75) is 18.9 Å². The number of carbonyl (C=O) groups is 2. The van der Waals surface area contributed by atoms with Crippen LogP contribution < -0.4 is 5.76 Å². The number of rotatable bonds is 3. The summed E-state index contributed by atoms with van der Waals surface area (Å²) in [4.78, 5) is 38.2. The Morgan fingerprint density at radius 2 is 1.72 bits per heavy atom. The van der Waals surface area contributed by atoms with Gasteiger partial charge < -0.3 is 14.1 Å². The van der Waals surface area contributed by atoms with Crippen molar-refractivity contribution < 1.29 is 23.1 Å². The zero-order chi connectivity index (χ0) is 20.5. The van der Waals surface area contributed by atoms with E-state index in [0.717, 1.165) is 0 Å². The summed E-state index contributed by atoms with van der Waals surface area (Å²) >= 11 is 0. The van der Waals surface area contributed by atoms with Crippen LogP contribution in [0.4, 0.5) is 4.39 Å². The van der Waals surface area contributed by atoms with Crippen molar-refractivity contribution in [3.8, 4) is 0 Å².